The highest BCUT2D eigenvalue weighted by Gasteiger charge is 2.29. The summed E-state index contributed by atoms with van der Waals surface area (Å²) in [6.07, 6.45) is 0. The van der Waals surface area contributed by atoms with Crippen LogP contribution in [-0.4, -0.2) is 14.3 Å². The van der Waals surface area contributed by atoms with Crippen molar-refractivity contribution >= 4 is 15.9 Å². The van der Waals surface area contributed by atoms with E-state index in [9.17, 15) is 17.6 Å². The average Bonchev–Trinajstić information content (AvgIpc) is 2.73. The number of hydrogen-bond acceptors (Lipinski definition) is 4. The Bertz CT molecular complexity index is 858. The summed E-state index contributed by atoms with van der Waals surface area (Å²) < 4.78 is 42.3. The molecule has 1 heterocycles. The lowest BCUT2D eigenvalue weighted by Gasteiger charge is -2.15. The molecular weight excluding hydrogens is 323 g/mol. The number of aryl methyl sites for hydroxylation is 2. The van der Waals surface area contributed by atoms with E-state index in [1.165, 1.54) is 32.0 Å². The molecule has 0 aliphatic heterocycles. The number of sulfonamides is 1. The molecule has 124 valence electrons. The van der Waals surface area contributed by atoms with E-state index < -0.39 is 27.8 Å². The zero-order valence-corrected chi connectivity index (χ0v) is 13.7. The van der Waals surface area contributed by atoms with Crippen molar-refractivity contribution in [3.63, 3.8) is 0 Å². The third-order valence-electron chi connectivity index (χ3n) is 3.44. The first kappa shape index (κ1) is 17.2. The Morgan fingerprint density at radius 2 is 1.87 bits per heavy atom. The fraction of sp³-hybridized carbons (Fsp3) is 0.267. The minimum absolute atomic E-state index is 0.0358. The van der Waals surface area contributed by atoms with Gasteiger partial charge in [-0.25, -0.2) is 17.9 Å². The monoisotopic (exact) mass is 340 g/mol. The molecule has 3 N–H and O–H groups in total. The second kappa shape index (κ2) is 6.13. The molecule has 1 amide bonds. The van der Waals surface area contributed by atoms with Gasteiger partial charge in [-0.15, -0.1) is 0 Å². The third-order valence-corrected chi connectivity index (χ3v) is 4.50. The molecule has 0 radical (unpaired) electrons. The van der Waals surface area contributed by atoms with E-state index in [4.69, 9.17) is 9.56 Å². The molecule has 0 fully saturated rings. The van der Waals surface area contributed by atoms with Gasteiger partial charge in [-0.1, -0.05) is 18.2 Å². The lowest BCUT2D eigenvalue weighted by molar-refractivity contribution is 0.0935. The largest absolute Gasteiger partial charge is 0.464 e. The second-order valence-electron chi connectivity index (χ2n) is 5.18. The smallest absolute Gasteiger partial charge is 0.256 e. The molecule has 0 spiro atoms. The lowest BCUT2D eigenvalue weighted by atomic mass is 10.1. The summed E-state index contributed by atoms with van der Waals surface area (Å²) in [5.74, 6) is -0.996. The molecular formula is C15H17FN2O4S. The van der Waals surface area contributed by atoms with Gasteiger partial charge in [0.25, 0.3) is 5.91 Å². The normalized spacial score (nSPS) is 12.9. The molecule has 0 bridgehead atoms. The Morgan fingerprint density at radius 1 is 1.26 bits per heavy atom. The molecule has 0 saturated carbocycles. The van der Waals surface area contributed by atoms with Crippen molar-refractivity contribution in [1.29, 1.82) is 0 Å². The number of amides is 1. The number of carbonyl (C=O) groups is 1. The van der Waals surface area contributed by atoms with Crippen LogP contribution in [0.3, 0.4) is 0 Å². The molecule has 1 atom stereocenters. The predicted octanol–water partition coefficient (Wildman–Crippen LogP) is 2.17. The summed E-state index contributed by atoms with van der Waals surface area (Å²) in [5.41, 5.74) is 0.129. The van der Waals surface area contributed by atoms with Gasteiger partial charge in [0.15, 0.2) is 0 Å². The van der Waals surface area contributed by atoms with Crippen molar-refractivity contribution in [2.75, 3.05) is 0 Å². The number of halogens is 1. The first-order chi connectivity index (χ1) is 10.6. The van der Waals surface area contributed by atoms with Crippen LogP contribution in [0.25, 0.3) is 0 Å². The molecule has 8 heteroatoms. The Morgan fingerprint density at radius 3 is 2.43 bits per heavy atom. The van der Waals surface area contributed by atoms with Gasteiger partial charge in [-0.3, -0.25) is 4.79 Å². The number of hydrogen-bond donors (Lipinski definition) is 2. The molecule has 1 aromatic heterocycles. The van der Waals surface area contributed by atoms with Gasteiger partial charge in [0.1, 0.15) is 27.8 Å². The summed E-state index contributed by atoms with van der Waals surface area (Å²) >= 11 is 0. The zero-order valence-electron chi connectivity index (χ0n) is 12.9. The van der Waals surface area contributed by atoms with Gasteiger partial charge in [0.2, 0.25) is 10.0 Å². The first-order valence-corrected chi connectivity index (χ1v) is 8.35. The van der Waals surface area contributed by atoms with Gasteiger partial charge in [0.05, 0.1) is 6.04 Å². The number of carbonyl (C=O) groups excluding carboxylic acids is 1. The maximum Gasteiger partial charge on any atom is 0.256 e. The summed E-state index contributed by atoms with van der Waals surface area (Å²) in [6.45, 7) is 4.46. The van der Waals surface area contributed by atoms with Gasteiger partial charge in [-0.2, -0.15) is 0 Å². The fourth-order valence-electron chi connectivity index (χ4n) is 2.44. The van der Waals surface area contributed by atoms with Crippen LogP contribution < -0.4 is 10.5 Å². The summed E-state index contributed by atoms with van der Waals surface area (Å²) in [6, 6.07) is 5.34. The summed E-state index contributed by atoms with van der Waals surface area (Å²) in [5, 5.41) is 7.71. The van der Waals surface area contributed by atoms with E-state index in [0.29, 0.717) is 0 Å². The maximum absolute atomic E-state index is 13.8. The van der Waals surface area contributed by atoms with E-state index in [2.05, 4.69) is 5.32 Å². The van der Waals surface area contributed by atoms with Crippen LogP contribution in [0.15, 0.2) is 33.6 Å². The molecule has 6 nitrogen and oxygen atoms in total. The van der Waals surface area contributed by atoms with E-state index >= 15 is 0 Å². The number of benzene rings is 1. The van der Waals surface area contributed by atoms with E-state index in [1.807, 2.05) is 0 Å². The number of rotatable bonds is 4. The molecule has 1 aromatic carbocycles. The van der Waals surface area contributed by atoms with Crippen molar-refractivity contribution in [2.45, 2.75) is 31.7 Å². The lowest BCUT2D eigenvalue weighted by Crippen LogP contribution is -2.29. The predicted molar refractivity (Wildman–Crippen MR) is 81.8 cm³/mol. The van der Waals surface area contributed by atoms with E-state index in [-0.39, 0.29) is 27.5 Å². The van der Waals surface area contributed by atoms with Crippen molar-refractivity contribution < 1.29 is 22.0 Å². The number of furan rings is 1. The van der Waals surface area contributed by atoms with Crippen LogP contribution in [0.1, 0.15) is 40.4 Å². The fourth-order valence-corrected chi connectivity index (χ4v) is 3.40. The Labute approximate surface area is 133 Å². The van der Waals surface area contributed by atoms with Crippen LogP contribution in [0.4, 0.5) is 4.39 Å². The van der Waals surface area contributed by atoms with Crippen LogP contribution in [0, 0.1) is 19.7 Å². The standard InChI is InChI=1S/C15H17FN2O4S/c1-8(11-6-4-5-7-12(11)16)18-15(19)13-9(2)22-10(3)14(13)23(17,20)21/h4-8H,1-3H3,(H,18,19)(H2,17,20,21). The molecule has 0 saturated heterocycles. The first-order valence-electron chi connectivity index (χ1n) is 6.81. The molecule has 2 rings (SSSR count). The van der Waals surface area contributed by atoms with Gasteiger partial charge < -0.3 is 9.73 Å². The maximum atomic E-state index is 13.8. The van der Waals surface area contributed by atoms with Crippen molar-refractivity contribution in [3.05, 3.63) is 52.7 Å². The van der Waals surface area contributed by atoms with Gasteiger partial charge in [-0.05, 0) is 26.8 Å². The van der Waals surface area contributed by atoms with Crippen molar-refractivity contribution in [3.8, 4) is 0 Å². The number of primary sulfonamides is 1. The highest BCUT2D eigenvalue weighted by molar-refractivity contribution is 7.89. The van der Waals surface area contributed by atoms with Crippen LogP contribution in [0.5, 0.6) is 0 Å². The van der Waals surface area contributed by atoms with E-state index in [0.717, 1.165) is 0 Å². The quantitative estimate of drug-likeness (QED) is 0.890. The summed E-state index contributed by atoms with van der Waals surface area (Å²) in [7, 11) is -4.13. The second-order valence-corrected chi connectivity index (χ2v) is 6.68. The molecule has 23 heavy (non-hydrogen) atoms. The SMILES string of the molecule is Cc1oc(C)c(S(N)(=O)=O)c1C(=O)NC(C)c1ccccc1F. The van der Waals surface area contributed by atoms with E-state index in [1.54, 1.807) is 13.0 Å². The Balaban J connectivity index is 2.38. The number of nitrogens with two attached hydrogens (primary N) is 1. The molecule has 0 aliphatic rings. The molecule has 0 aliphatic carbocycles. The Hall–Kier alpha value is -2.19. The van der Waals surface area contributed by atoms with Crippen LogP contribution in [0.2, 0.25) is 0 Å². The Kier molecular flexibility index (Phi) is 4.58. The summed E-state index contributed by atoms with van der Waals surface area (Å²) in [4.78, 5) is 12.1. The highest BCUT2D eigenvalue weighted by Crippen LogP contribution is 2.26. The minimum Gasteiger partial charge on any atom is -0.464 e. The van der Waals surface area contributed by atoms with Crippen molar-refractivity contribution in [1.82, 2.24) is 5.32 Å². The van der Waals surface area contributed by atoms with Crippen LogP contribution >= 0.6 is 0 Å². The minimum atomic E-state index is -4.13. The van der Waals surface area contributed by atoms with Crippen LogP contribution in [-0.2, 0) is 10.0 Å². The highest BCUT2D eigenvalue weighted by atomic mass is 32.2. The zero-order chi connectivity index (χ0) is 17.4. The molecule has 1 unspecified atom stereocenters. The number of nitrogens with one attached hydrogen (secondary N) is 1. The van der Waals surface area contributed by atoms with Crippen molar-refractivity contribution in [2.24, 2.45) is 5.14 Å². The average molecular weight is 340 g/mol. The third kappa shape index (κ3) is 3.43. The van der Waals surface area contributed by atoms with Gasteiger partial charge in [0, 0.05) is 5.56 Å². The van der Waals surface area contributed by atoms with Gasteiger partial charge >= 0.3 is 0 Å². The topological polar surface area (TPSA) is 102 Å². The molecule has 2 aromatic rings.